The molecule has 0 aliphatic heterocycles. The van der Waals surface area contributed by atoms with Gasteiger partial charge in [-0.15, -0.1) is 0 Å². The molecule has 0 aliphatic rings. The first-order valence-corrected chi connectivity index (χ1v) is 5.05. The maximum atomic E-state index is 5.83. The van der Waals surface area contributed by atoms with E-state index in [0.717, 1.165) is 5.69 Å². The van der Waals surface area contributed by atoms with Crippen molar-refractivity contribution in [2.75, 3.05) is 0 Å². The molecular formula is C10H7Cl2N3. The highest BCUT2D eigenvalue weighted by atomic mass is 35.5. The highest BCUT2D eigenvalue weighted by molar-refractivity contribution is 6.29. The fourth-order valence-corrected chi connectivity index (χ4v) is 1.58. The van der Waals surface area contributed by atoms with Gasteiger partial charge in [-0.3, -0.25) is 0 Å². The smallest absolute Gasteiger partial charge is 0.179 e. The average molecular weight is 240 g/mol. The number of rotatable bonds is 1. The number of aromatic nitrogens is 3. The number of halogens is 2. The molecule has 0 saturated heterocycles. The molecule has 0 atom stereocenters. The lowest BCUT2D eigenvalue weighted by Gasteiger charge is -2.01. The first-order chi connectivity index (χ1) is 7.15. The molecule has 0 unspecified atom stereocenters. The molecule has 0 saturated carbocycles. The van der Waals surface area contributed by atoms with Gasteiger partial charge in [0, 0.05) is 5.69 Å². The highest BCUT2D eigenvalue weighted by Gasteiger charge is 2.05. The Labute approximate surface area is 97.1 Å². The van der Waals surface area contributed by atoms with E-state index < -0.39 is 0 Å². The van der Waals surface area contributed by atoms with E-state index in [1.54, 1.807) is 24.3 Å². The van der Waals surface area contributed by atoms with E-state index in [2.05, 4.69) is 15.0 Å². The molecule has 0 aliphatic carbocycles. The van der Waals surface area contributed by atoms with Crippen molar-refractivity contribution in [3.05, 3.63) is 40.3 Å². The van der Waals surface area contributed by atoms with Crippen LogP contribution >= 0.6 is 23.2 Å². The lowest BCUT2D eigenvalue weighted by Crippen LogP contribution is -1.94. The van der Waals surface area contributed by atoms with Gasteiger partial charge in [-0.2, -0.15) is 0 Å². The van der Waals surface area contributed by atoms with E-state index in [0.29, 0.717) is 21.8 Å². The molecule has 2 aromatic rings. The molecule has 2 rings (SSSR count). The van der Waals surface area contributed by atoms with E-state index >= 15 is 0 Å². The van der Waals surface area contributed by atoms with Crippen LogP contribution < -0.4 is 0 Å². The number of hydrogen-bond donors (Lipinski definition) is 0. The summed E-state index contributed by atoms with van der Waals surface area (Å²) < 4.78 is 0. The second-order valence-corrected chi connectivity index (χ2v) is 3.78. The van der Waals surface area contributed by atoms with Crippen molar-refractivity contribution in [2.24, 2.45) is 0 Å². The van der Waals surface area contributed by atoms with Crippen LogP contribution in [0.5, 0.6) is 0 Å². The molecule has 2 aromatic heterocycles. The minimum atomic E-state index is 0.402. The van der Waals surface area contributed by atoms with Gasteiger partial charge in [-0.05, 0) is 25.1 Å². The summed E-state index contributed by atoms with van der Waals surface area (Å²) in [4.78, 5) is 12.4. The summed E-state index contributed by atoms with van der Waals surface area (Å²) in [5.41, 5.74) is 1.42. The molecule has 76 valence electrons. The van der Waals surface area contributed by atoms with Crippen molar-refractivity contribution in [2.45, 2.75) is 6.92 Å². The van der Waals surface area contributed by atoms with Crippen LogP contribution in [0.4, 0.5) is 0 Å². The van der Waals surface area contributed by atoms with Gasteiger partial charge in [0.2, 0.25) is 0 Å². The topological polar surface area (TPSA) is 38.7 Å². The van der Waals surface area contributed by atoms with E-state index in [1.165, 1.54) is 0 Å². The molecule has 0 aromatic carbocycles. The summed E-state index contributed by atoms with van der Waals surface area (Å²) in [5.74, 6) is 0.488. The molecule has 0 fully saturated rings. The molecule has 5 heteroatoms. The van der Waals surface area contributed by atoms with Gasteiger partial charge < -0.3 is 0 Å². The van der Waals surface area contributed by atoms with Crippen LogP contribution in [0.2, 0.25) is 10.3 Å². The van der Waals surface area contributed by atoms with Crippen molar-refractivity contribution in [1.82, 2.24) is 15.0 Å². The maximum absolute atomic E-state index is 5.83. The first kappa shape index (κ1) is 10.3. The maximum Gasteiger partial charge on any atom is 0.179 e. The van der Waals surface area contributed by atoms with Gasteiger partial charge >= 0.3 is 0 Å². The van der Waals surface area contributed by atoms with Crippen molar-refractivity contribution >= 4 is 23.2 Å². The molecule has 0 amide bonds. The summed E-state index contributed by atoms with van der Waals surface area (Å²) in [6, 6.07) is 6.97. The number of nitrogens with zero attached hydrogens (tertiary/aromatic N) is 3. The van der Waals surface area contributed by atoms with Crippen LogP contribution in [0, 0.1) is 6.92 Å². The summed E-state index contributed by atoms with van der Waals surface area (Å²) in [5, 5.41) is 0.813. The lowest BCUT2D eigenvalue weighted by molar-refractivity contribution is 1.09. The predicted molar refractivity (Wildman–Crippen MR) is 60.0 cm³/mol. The van der Waals surface area contributed by atoms with Crippen molar-refractivity contribution in [3.63, 3.8) is 0 Å². The zero-order valence-electron chi connectivity index (χ0n) is 7.91. The summed E-state index contributed by atoms with van der Waals surface area (Å²) >= 11 is 11.6. The van der Waals surface area contributed by atoms with Crippen LogP contribution in [0.15, 0.2) is 24.3 Å². The fraction of sp³-hybridized carbons (Fsp3) is 0.100. The van der Waals surface area contributed by atoms with Crippen LogP contribution in [-0.4, -0.2) is 15.0 Å². The third kappa shape index (κ3) is 2.43. The number of aryl methyl sites for hydroxylation is 1. The Bertz CT molecular complexity index is 480. The van der Waals surface area contributed by atoms with E-state index in [-0.39, 0.29) is 0 Å². The molecule has 0 radical (unpaired) electrons. The average Bonchev–Trinajstić information content (AvgIpc) is 2.16. The van der Waals surface area contributed by atoms with Crippen LogP contribution in [-0.2, 0) is 0 Å². The highest BCUT2D eigenvalue weighted by Crippen LogP contribution is 2.17. The lowest BCUT2D eigenvalue weighted by atomic mass is 10.3. The predicted octanol–water partition coefficient (Wildman–Crippen LogP) is 3.15. The molecule has 2 heterocycles. The minimum absolute atomic E-state index is 0.402. The first-order valence-electron chi connectivity index (χ1n) is 4.29. The second-order valence-electron chi connectivity index (χ2n) is 3.00. The Hall–Kier alpha value is -1.19. The van der Waals surface area contributed by atoms with E-state index in [4.69, 9.17) is 23.2 Å². The van der Waals surface area contributed by atoms with Gasteiger partial charge in [0.05, 0.1) is 0 Å². The summed E-state index contributed by atoms with van der Waals surface area (Å²) in [6.45, 7) is 1.85. The summed E-state index contributed by atoms with van der Waals surface area (Å²) in [7, 11) is 0. The minimum Gasteiger partial charge on any atom is -0.233 e. The SMILES string of the molecule is Cc1cc(Cl)nc(-c2cccc(Cl)n2)n1. The Kier molecular flexibility index (Phi) is 2.84. The Morgan fingerprint density at radius 2 is 1.80 bits per heavy atom. The molecule has 0 N–H and O–H groups in total. The van der Waals surface area contributed by atoms with Gasteiger partial charge in [0.25, 0.3) is 0 Å². The monoisotopic (exact) mass is 239 g/mol. The standard InChI is InChI=1S/C10H7Cl2N3/c1-6-5-9(12)15-10(13-6)7-3-2-4-8(11)14-7/h2-5H,1H3. The van der Waals surface area contributed by atoms with Crippen LogP contribution in [0.3, 0.4) is 0 Å². The largest absolute Gasteiger partial charge is 0.233 e. The van der Waals surface area contributed by atoms with Crippen LogP contribution in [0.1, 0.15) is 5.69 Å². The molecule has 0 spiro atoms. The normalized spacial score (nSPS) is 10.3. The molecule has 3 nitrogen and oxygen atoms in total. The van der Waals surface area contributed by atoms with Crippen molar-refractivity contribution < 1.29 is 0 Å². The summed E-state index contributed by atoms with van der Waals surface area (Å²) in [6.07, 6.45) is 0. The third-order valence-corrected chi connectivity index (χ3v) is 2.17. The zero-order chi connectivity index (χ0) is 10.8. The van der Waals surface area contributed by atoms with Crippen molar-refractivity contribution in [1.29, 1.82) is 0 Å². The molecule has 0 bridgehead atoms. The van der Waals surface area contributed by atoms with Gasteiger partial charge in [-0.25, -0.2) is 15.0 Å². The second kappa shape index (κ2) is 4.13. The van der Waals surface area contributed by atoms with Gasteiger partial charge in [0.15, 0.2) is 5.82 Å². The van der Waals surface area contributed by atoms with Gasteiger partial charge in [0.1, 0.15) is 16.0 Å². The van der Waals surface area contributed by atoms with Gasteiger partial charge in [-0.1, -0.05) is 29.3 Å². The van der Waals surface area contributed by atoms with E-state index in [9.17, 15) is 0 Å². The van der Waals surface area contributed by atoms with Crippen molar-refractivity contribution in [3.8, 4) is 11.5 Å². The quantitative estimate of drug-likeness (QED) is 0.567. The molecular weight excluding hydrogens is 233 g/mol. The van der Waals surface area contributed by atoms with E-state index in [1.807, 2.05) is 6.92 Å². The third-order valence-electron chi connectivity index (χ3n) is 1.77. The number of pyridine rings is 1. The Balaban J connectivity index is 2.54. The fourth-order valence-electron chi connectivity index (χ4n) is 1.18. The van der Waals surface area contributed by atoms with Crippen LogP contribution in [0.25, 0.3) is 11.5 Å². The Morgan fingerprint density at radius 3 is 2.47 bits per heavy atom. The Morgan fingerprint density at radius 1 is 1.00 bits per heavy atom. The molecule has 15 heavy (non-hydrogen) atoms. The number of hydrogen-bond acceptors (Lipinski definition) is 3. The zero-order valence-corrected chi connectivity index (χ0v) is 9.42.